The summed E-state index contributed by atoms with van der Waals surface area (Å²) in [5.74, 6) is 2.17. The highest BCUT2D eigenvalue weighted by Gasteiger charge is 2.13. The molecule has 0 radical (unpaired) electrons. The number of ether oxygens (including phenoxy) is 1. The summed E-state index contributed by atoms with van der Waals surface area (Å²) in [6.45, 7) is 12.2. The molecule has 0 aliphatic heterocycles. The Kier molecular flexibility index (Phi) is 4.21. The lowest BCUT2D eigenvalue weighted by molar-refractivity contribution is 0.219. The van der Waals surface area contributed by atoms with Gasteiger partial charge in [0.05, 0.1) is 6.10 Å². The fourth-order valence-electron chi connectivity index (χ4n) is 1.17. The Morgan fingerprint density at radius 2 is 1.19 bits per heavy atom. The molecule has 4 heteroatoms. The van der Waals surface area contributed by atoms with E-state index in [1.54, 1.807) is 0 Å². The van der Waals surface area contributed by atoms with E-state index in [1.165, 1.54) is 0 Å². The lowest BCUT2D eigenvalue weighted by Gasteiger charge is -2.13. The third-order valence-corrected chi connectivity index (χ3v) is 2.02. The van der Waals surface area contributed by atoms with Gasteiger partial charge in [-0.25, -0.2) is 4.98 Å². The predicted molar refractivity (Wildman–Crippen MR) is 63.8 cm³/mol. The maximum atomic E-state index is 5.53. The largest absolute Gasteiger partial charge is 0.461 e. The maximum Gasteiger partial charge on any atom is 0.320 e. The second-order valence-electron chi connectivity index (χ2n) is 4.81. The Morgan fingerprint density at radius 3 is 1.50 bits per heavy atom. The number of rotatable bonds is 4. The van der Waals surface area contributed by atoms with E-state index in [0.29, 0.717) is 6.01 Å². The highest BCUT2D eigenvalue weighted by molar-refractivity contribution is 5.06. The van der Waals surface area contributed by atoms with Gasteiger partial charge in [-0.15, -0.1) is 0 Å². The van der Waals surface area contributed by atoms with Crippen LogP contribution in [0.25, 0.3) is 0 Å². The Labute approximate surface area is 97.5 Å². The van der Waals surface area contributed by atoms with Crippen LogP contribution in [0, 0.1) is 0 Å². The minimum Gasteiger partial charge on any atom is -0.461 e. The highest BCUT2D eigenvalue weighted by atomic mass is 16.5. The predicted octanol–water partition coefficient (Wildman–Crippen LogP) is 2.91. The molecular formula is C12H21N3O. The summed E-state index contributed by atoms with van der Waals surface area (Å²) in [4.78, 5) is 13.1. The summed E-state index contributed by atoms with van der Waals surface area (Å²) in [7, 11) is 0. The molecule has 1 heterocycles. The second kappa shape index (κ2) is 5.23. The van der Waals surface area contributed by atoms with Gasteiger partial charge in [0.15, 0.2) is 0 Å². The summed E-state index contributed by atoms with van der Waals surface area (Å²) >= 11 is 0. The fraction of sp³-hybridized carbons (Fsp3) is 0.750. The monoisotopic (exact) mass is 223 g/mol. The molecular weight excluding hydrogens is 202 g/mol. The molecule has 0 bridgehead atoms. The van der Waals surface area contributed by atoms with Crippen molar-refractivity contribution in [1.29, 1.82) is 0 Å². The van der Waals surface area contributed by atoms with Crippen molar-refractivity contribution in [3.05, 3.63) is 11.6 Å². The van der Waals surface area contributed by atoms with Crippen LogP contribution in [-0.4, -0.2) is 21.1 Å². The fourth-order valence-corrected chi connectivity index (χ4v) is 1.17. The van der Waals surface area contributed by atoms with Gasteiger partial charge in [0.1, 0.15) is 11.6 Å². The maximum absolute atomic E-state index is 5.53. The molecule has 0 saturated carbocycles. The van der Waals surface area contributed by atoms with Crippen LogP contribution in [0.5, 0.6) is 6.01 Å². The van der Waals surface area contributed by atoms with Gasteiger partial charge in [0.25, 0.3) is 0 Å². The summed E-state index contributed by atoms with van der Waals surface area (Å²) in [6, 6.07) is 0.442. The van der Waals surface area contributed by atoms with Crippen molar-refractivity contribution in [3.8, 4) is 6.01 Å². The minimum absolute atomic E-state index is 0.0856. The zero-order valence-electron chi connectivity index (χ0n) is 11.0. The normalized spacial score (nSPS) is 11.6. The molecule has 1 aromatic rings. The van der Waals surface area contributed by atoms with Crippen LogP contribution in [0.4, 0.5) is 0 Å². The number of nitrogens with zero attached hydrogens (tertiary/aromatic N) is 3. The van der Waals surface area contributed by atoms with Gasteiger partial charge in [-0.1, -0.05) is 27.7 Å². The molecule has 0 N–H and O–H groups in total. The summed E-state index contributed by atoms with van der Waals surface area (Å²) < 4.78 is 5.53. The first-order valence-electron chi connectivity index (χ1n) is 5.82. The molecule has 0 aliphatic carbocycles. The Hall–Kier alpha value is -1.19. The molecule has 0 saturated heterocycles. The van der Waals surface area contributed by atoms with Gasteiger partial charge in [-0.2, -0.15) is 9.97 Å². The third-order valence-electron chi connectivity index (χ3n) is 2.02. The number of aromatic nitrogens is 3. The average molecular weight is 223 g/mol. The lowest BCUT2D eigenvalue weighted by Crippen LogP contribution is -2.13. The van der Waals surface area contributed by atoms with Gasteiger partial charge in [0.2, 0.25) is 0 Å². The van der Waals surface area contributed by atoms with Crippen molar-refractivity contribution in [2.75, 3.05) is 0 Å². The first kappa shape index (κ1) is 12.9. The molecule has 4 nitrogen and oxygen atoms in total. The van der Waals surface area contributed by atoms with Crippen LogP contribution in [-0.2, 0) is 0 Å². The quantitative estimate of drug-likeness (QED) is 0.787. The first-order chi connectivity index (χ1) is 7.40. The van der Waals surface area contributed by atoms with Crippen LogP contribution in [0.2, 0.25) is 0 Å². The van der Waals surface area contributed by atoms with Crippen LogP contribution in [0.1, 0.15) is 65.0 Å². The van der Waals surface area contributed by atoms with E-state index in [0.717, 1.165) is 11.6 Å². The molecule has 0 atom stereocenters. The van der Waals surface area contributed by atoms with E-state index < -0.39 is 0 Å². The highest BCUT2D eigenvalue weighted by Crippen LogP contribution is 2.17. The summed E-state index contributed by atoms with van der Waals surface area (Å²) in [5.41, 5.74) is 0. The van der Waals surface area contributed by atoms with Crippen molar-refractivity contribution in [2.45, 2.75) is 59.5 Å². The van der Waals surface area contributed by atoms with Gasteiger partial charge < -0.3 is 4.74 Å². The van der Waals surface area contributed by atoms with Crippen LogP contribution in [0.3, 0.4) is 0 Å². The van der Waals surface area contributed by atoms with E-state index in [-0.39, 0.29) is 17.9 Å². The number of hydrogen-bond donors (Lipinski definition) is 0. The topological polar surface area (TPSA) is 47.9 Å². The summed E-state index contributed by atoms with van der Waals surface area (Å²) in [6.07, 6.45) is 0.0856. The van der Waals surface area contributed by atoms with Crippen molar-refractivity contribution < 1.29 is 4.74 Å². The van der Waals surface area contributed by atoms with E-state index >= 15 is 0 Å². The van der Waals surface area contributed by atoms with E-state index in [4.69, 9.17) is 4.74 Å². The molecule has 0 unspecified atom stereocenters. The second-order valence-corrected chi connectivity index (χ2v) is 4.81. The standard InChI is InChI=1S/C12H21N3O/c1-7(2)10-13-11(8(3)4)15-12(14-10)16-9(5)6/h7-9H,1-6H3. The molecule has 16 heavy (non-hydrogen) atoms. The molecule has 0 aliphatic rings. The Balaban J connectivity index is 3.08. The van der Waals surface area contributed by atoms with E-state index in [2.05, 4.69) is 42.6 Å². The molecule has 1 aromatic heterocycles. The van der Waals surface area contributed by atoms with Gasteiger partial charge in [-0.3, -0.25) is 0 Å². The van der Waals surface area contributed by atoms with Gasteiger partial charge in [-0.05, 0) is 13.8 Å². The van der Waals surface area contributed by atoms with Crippen molar-refractivity contribution in [3.63, 3.8) is 0 Å². The summed E-state index contributed by atoms with van der Waals surface area (Å²) in [5, 5.41) is 0. The van der Waals surface area contributed by atoms with Gasteiger partial charge in [0, 0.05) is 11.8 Å². The Morgan fingerprint density at radius 1 is 0.750 bits per heavy atom. The van der Waals surface area contributed by atoms with Crippen molar-refractivity contribution in [2.24, 2.45) is 0 Å². The zero-order chi connectivity index (χ0) is 12.3. The van der Waals surface area contributed by atoms with Crippen LogP contribution in [0.15, 0.2) is 0 Å². The van der Waals surface area contributed by atoms with Crippen molar-refractivity contribution in [1.82, 2.24) is 15.0 Å². The van der Waals surface area contributed by atoms with Crippen molar-refractivity contribution >= 4 is 0 Å². The molecule has 0 aromatic carbocycles. The molecule has 1 rings (SSSR count). The van der Waals surface area contributed by atoms with Crippen LogP contribution < -0.4 is 4.74 Å². The smallest absolute Gasteiger partial charge is 0.320 e. The lowest BCUT2D eigenvalue weighted by atomic mass is 10.2. The average Bonchev–Trinajstić information content (AvgIpc) is 2.15. The van der Waals surface area contributed by atoms with E-state index in [1.807, 2.05) is 13.8 Å². The molecule has 90 valence electrons. The van der Waals surface area contributed by atoms with Crippen LogP contribution >= 0.6 is 0 Å². The van der Waals surface area contributed by atoms with Gasteiger partial charge >= 0.3 is 6.01 Å². The Bertz CT molecular complexity index is 322. The SMILES string of the molecule is CC(C)Oc1nc(C(C)C)nc(C(C)C)n1. The molecule has 0 spiro atoms. The minimum atomic E-state index is 0.0856. The third kappa shape index (κ3) is 3.43. The molecule has 0 amide bonds. The van der Waals surface area contributed by atoms with E-state index in [9.17, 15) is 0 Å². The zero-order valence-corrected chi connectivity index (χ0v) is 11.0. The molecule has 0 fully saturated rings. The first-order valence-corrected chi connectivity index (χ1v) is 5.82. The number of hydrogen-bond acceptors (Lipinski definition) is 4.